The molecule has 6 heteroatoms. The number of benzene rings is 1. The molecule has 5 nitrogen and oxygen atoms in total. The number of aromatic nitrogens is 2. The van der Waals surface area contributed by atoms with Gasteiger partial charge in [0.05, 0.1) is 11.4 Å². The number of hydrogen-bond donors (Lipinski definition) is 0. The highest BCUT2D eigenvalue weighted by Gasteiger charge is 2.36. The Morgan fingerprint density at radius 2 is 1.69 bits per heavy atom. The summed E-state index contributed by atoms with van der Waals surface area (Å²) in [5.41, 5.74) is 5.15. The van der Waals surface area contributed by atoms with Crippen LogP contribution in [0.5, 0.6) is 0 Å². The van der Waals surface area contributed by atoms with Crippen molar-refractivity contribution < 1.29 is 4.79 Å². The first-order valence-electron chi connectivity index (χ1n) is 11.8. The summed E-state index contributed by atoms with van der Waals surface area (Å²) in [6.07, 6.45) is 5.63. The minimum atomic E-state index is 0.111. The van der Waals surface area contributed by atoms with Gasteiger partial charge >= 0.3 is 0 Å². The molecule has 0 spiro atoms. The lowest BCUT2D eigenvalue weighted by Gasteiger charge is -2.36. The maximum absolute atomic E-state index is 13.6. The van der Waals surface area contributed by atoms with Crippen molar-refractivity contribution in [3.8, 4) is 0 Å². The van der Waals surface area contributed by atoms with Gasteiger partial charge in [-0.3, -0.25) is 4.79 Å². The van der Waals surface area contributed by atoms with E-state index in [9.17, 15) is 4.79 Å². The van der Waals surface area contributed by atoms with Gasteiger partial charge in [0.15, 0.2) is 0 Å². The molecule has 1 amide bonds. The third kappa shape index (κ3) is 3.79. The molecule has 0 saturated carbocycles. The summed E-state index contributed by atoms with van der Waals surface area (Å²) in [6.45, 7) is 11.2. The number of rotatable bonds is 3. The summed E-state index contributed by atoms with van der Waals surface area (Å²) in [4.78, 5) is 29.6. The Kier molecular flexibility index (Phi) is 5.66. The minimum Gasteiger partial charge on any atom is -0.356 e. The summed E-state index contributed by atoms with van der Waals surface area (Å²) in [5.74, 6) is 1.50. The molecule has 1 atom stereocenters. The SMILES string of the molecule is Cc1cc(C)cc(C2CCCN2C(=O)C2CCN(c3ncnc4sc(C)c(C)c34)CC2)c1. The van der Waals surface area contributed by atoms with Gasteiger partial charge in [0, 0.05) is 30.4 Å². The van der Waals surface area contributed by atoms with E-state index in [4.69, 9.17) is 0 Å². The van der Waals surface area contributed by atoms with Crippen LogP contribution in [0.3, 0.4) is 0 Å². The first-order valence-corrected chi connectivity index (χ1v) is 12.6. The lowest BCUT2D eigenvalue weighted by Crippen LogP contribution is -2.42. The van der Waals surface area contributed by atoms with E-state index in [-0.39, 0.29) is 12.0 Å². The van der Waals surface area contributed by atoms with Crippen molar-refractivity contribution in [1.29, 1.82) is 0 Å². The predicted octanol–water partition coefficient (Wildman–Crippen LogP) is 5.51. The van der Waals surface area contributed by atoms with E-state index in [0.717, 1.165) is 56.0 Å². The first-order chi connectivity index (χ1) is 15.4. The van der Waals surface area contributed by atoms with E-state index in [0.29, 0.717) is 5.91 Å². The number of carbonyl (C=O) groups excluding carboxylic acids is 1. The van der Waals surface area contributed by atoms with Crippen LogP contribution in [-0.2, 0) is 4.79 Å². The highest BCUT2D eigenvalue weighted by atomic mass is 32.1. The maximum Gasteiger partial charge on any atom is 0.226 e. The van der Waals surface area contributed by atoms with Crippen LogP contribution < -0.4 is 4.90 Å². The second kappa shape index (κ2) is 8.47. The number of piperidine rings is 1. The number of carbonyl (C=O) groups is 1. The van der Waals surface area contributed by atoms with Crippen molar-refractivity contribution in [1.82, 2.24) is 14.9 Å². The van der Waals surface area contributed by atoms with Gasteiger partial charge < -0.3 is 9.80 Å². The topological polar surface area (TPSA) is 49.3 Å². The highest BCUT2D eigenvalue weighted by molar-refractivity contribution is 7.18. The standard InChI is InChI=1S/C26H32N4OS/c1-16-12-17(2)14-21(13-16)22-6-5-9-30(22)26(31)20-7-10-29(11-8-20)24-23-18(3)19(4)32-25(23)28-15-27-24/h12-15,20,22H,5-11H2,1-4H3. The van der Waals surface area contributed by atoms with Gasteiger partial charge in [-0.15, -0.1) is 11.3 Å². The van der Waals surface area contributed by atoms with Crippen LogP contribution >= 0.6 is 11.3 Å². The number of anilines is 1. The Bertz CT molecular complexity index is 1140. The molecule has 2 aliphatic rings. The monoisotopic (exact) mass is 448 g/mol. The normalized spacial score (nSPS) is 19.8. The summed E-state index contributed by atoms with van der Waals surface area (Å²) in [6, 6.07) is 6.97. The molecular formula is C26H32N4OS. The van der Waals surface area contributed by atoms with E-state index in [1.54, 1.807) is 17.7 Å². The summed E-state index contributed by atoms with van der Waals surface area (Å²) in [5, 5.41) is 1.19. The number of fused-ring (bicyclic) bond motifs is 1. The van der Waals surface area contributed by atoms with Crippen LogP contribution in [0.1, 0.15) is 58.9 Å². The highest BCUT2D eigenvalue weighted by Crippen LogP contribution is 2.38. The number of amides is 1. The number of likely N-dealkylation sites (tertiary alicyclic amines) is 1. The van der Waals surface area contributed by atoms with Gasteiger partial charge in [-0.25, -0.2) is 9.97 Å². The molecule has 2 saturated heterocycles. The zero-order valence-corrected chi connectivity index (χ0v) is 20.3. The second-order valence-corrected chi connectivity index (χ2v) is 10.7. The Hall–Kier alpha value is -2.47. The van der Waals surface area contributed by atoms with Gasteiger partial charge in [0.1, 0.15) is 17.0 Å². The summed E-state index contributed by atoms with van der Waals surface area (Å²) in [7, 11) is 0. The molecule has 32 heavy (non-hydrogen) atoms. The van der Waals surface area contributed by atoms with Gasteiger partial charge in [-0.05, 0) is 64.5 Å². The molecule has 1 unspecified atom stereocenters. The van der Waals surface area contributed by atoms with Gasteiger partial charge in [-0.1, -0.05) is 29.3 Å². The molecule has 168 valence electrons. The molecule has 5 rings (SSSR count). The maximum atomic E-state index is 13.6. The number of nitrogens with zero attached hydrogens (tertiary/aromatic N) is 4. The Labute approximate surface area is 194 Å². The Morgan fingerprint density at radius 3 is 2.41 bits per heavy atom. The lowest BCUT2D eigenvalue weighted by atomic mass is 9.93. The largest absolute Gasteiger partial charge is 0.356 e. The van der Waals surface area contributed by atoms with Crippen LogP contribution in [-0.4, -0.2) is 40.4 Å². The number of hydrogen-bond acceptors (Lipinski definition) is 5. The third-order valence-corrected chi connectivity index (χ3v) is 8.37. The van der Waals surface area contributed by atoms with Crippen molar-refractivity contribution >= 4 is 33.3 Å². The van der Waals surface area contributed by atoms with Crippen molar-refractivity contribution in [2.75, 3.05) is 24.5 Å². The number of thiophene rings is 1. The minimum absolute atomic E-state index is 0.111. The molecule has 4 heterocycles. The zero-order valence-electron chi connectivity index (χ0n) is 19.5. The van der Waals surface area contributed by atoms with Crippen LogP contribution in [0.2, 0.25) is 0 Å². The molecule has 0 N–H and O–H groups in total. The zero-order chi connectivity index (χ0) is 22.4. The first kappa shape index (κ1) is 21.4. The summed E-state index contributed by atoms with van der Waals surface area (Å²) < 4.78 is 0. The van der Waals surface area contributed by atoms with Gasteiger partial charge in [0.2, 0.25) is 5.91 Å². The molecule has 2 aromatic heterocycles. The van der Waals surface area contributed by atoms with E-state index in [2.05, 4.69) is 65.7 Å². The van der Waals surface area contributed by atoms with Crippen LogP contribution in [0.25, 0.3) is 10.2 Å². The van der Waals surface area contributed by atoms with Crippen molar-refractivity contribution in [3.63, 3.8) is 0 Å². The fourth-order valence-corrected chi connectivity index (χ4v) is 6.55. The van der Waals surface area contributed by atoms with E-state index < -0.39 is 0 Å². The molecular weight excluding hydrogens is 416 g/mol. The average molecular weight is 449 g/mol. The molecule has 0 bridgehead atoms. The molecule has 1 aromatic carbocycles. The molecule has 3 aromatic rings. The van der Waals surface area contributed by atoms with Crippen molar-refractivity contribution in [2.45, 2.75) is 59.4 Å². The molecule has 0 radical (unpaired) electrons. The second-order valence-electron chi connectivity index (χ2n) is 9.53. The molecule has 2 fully saturated rings. The van der Waals surface area contributed by atoms with Gasteiger partial charge in [-0.2, -0.15) is 0 Å². The quantitative estimate of drug-likeness (QED) is 0.530. The fraction of sp³-hybridized carbons (Fsp3) is 0.500. The van der Waals surface area contributed by atoms with Gasteiger partial charge in [0.25, 0.3) is 0 Å². The Balaban J connectivity index is 1.31. The molecule has 2 aliphatic heterocycles. The van der Waals surface area contributed by atoms with Crippen LogP contribution in [0.4, 0.5) is 5.82 Å². The van der Waals surface area contributed by atoms with Crippen LogP contribution in [0, 0.1) is 33.6 Å². The average Bonchev–Trinajstić information content (AvgIpc) is 3.38. The predicted molar refractivity (Wildman–Crippen MR) is 131 cm³/mol. The Morgan fingerprint density at radius 1 is 0.969 bits per heavy atom. The van der Waals surface area contributed by atoms with Crippen LogP contribution in [0.15, 0.2) is 24.5 Å². The fourth-order valence-electron chi connectivity index (χ4n) is 5.56. The number of aryl methyl sites for hydroxylation is 4. The third-order valence-electron chi connectivity index (χ3n) is 7.25. The molecule has 0 aliphatic carbocycles. The van der Waals surface area contributed by atoms with Crippen molar-refractivity contribution in [2.24, 2.45) is 5.92 Å². The summed E-state index contributed by atoms with van der Waals surface area (Å²) >= 11 is 1.74. The van der Waals surface area contributed by atoms with Crippen molar-refractivity contribution in [3.05, 3.63) is 51.7 Å². The smallest absolute Gasteiger partial charge is 0.226 e. The van der Waals surface area contributed by atoms with E-state index in [1.165, 1.54) is 32.5 Å². The van der Waals surface area contributed by atoms with E-state index >= 15 is 0 Å². The van der Waals surface area contributed by atoms with E-state index in [1.807, 2.05) is 0 Å². The lowest BCUT2D eigenvalue weighted by molar-refractivity contribution is -0.137.